The molecule has 0 spiro atoms. The molecule has 2 aliphatic carbocycles. The van der Waals surface area contributed by atoms with E-state index in [0.29, 0.717) is 5.92 Å². The molecule has 0 saturated heterocycles. The molecule has 2 N–H and O–H groups in total. The van der Waals surface area contributed by atoms with Gasteiger partial charge in [0.05, 0.1) is 12.2 Å². The smallest absolute Gasteiger partial charge is 0.146 e. The van der Waals surface area contributed by atoms with Crippen molar-refractivity contribution in [3.05, 3.63) is 118 Å². The van der Waals surface area contributed by atoms with Crippen molar-refractivity contribution in [2.45, 2.75) is 107 Å². The lowest BCUT2D eigenvalue weighted by atomic mass is 9.66. The van der Waals surface area contributed by atoms with E-state index in [1.54, 1.807) is 0 Å². The van der Waals surface area contributed by atoms with Crippen molar-refractivity contribution in [3.63, 3.8) is 0 Å². The Labute approximate surface area is 262 Å². The molecule has 3 nitrogen and oxygen atoms in total. The van der Waals surface area contributed by atoms with Gasteiger partial charge in [0, 0.05) is 0 Å². The third-order valence-electron chi connectivity index (χ3n) is 8.76. The summed E-state index contributed by atoms with van der Waals surface area (Å²) >= 11 is 0. The molecule has 0 amide bonds. The van der Waals surface area contributed by atoms with Crippen LogP contribution in [0.15, 0.2) is 118 Å². The van der Waals surface area contributed by atoms with Gasteiger partial charge in [-0.3, -0.25) is 4.79 Å². The number of hydrogen-bond acceptors (Lipinski definition) is 3. The van der Waals surface area contributed by atoms with Crippen LogP contribution < -0.4 is 0 Å². The average molecular weight is 585 g/mol. The lowest BCUT2D eigenvalue weighted by Gasteiger charge is -2.40. The summed E-state index contributed by atoms with van der Waals surface area (Å²) in [7, 11) is 0. The molecular formula is C40H56O3. The van der Waals surface area contributed by atoms with Crippen LogP contribution in [0.1, 0.15) is 94.4 Å². The molecule has 0 saturated carbocycles. The first-order valence-corrected chi connectivity index (χ1v) is 15.8. The zero-order chi connectivity index (χ0) is 32.2. The van der Waals surface area contributed by atoms with Crippen LogP contribution in [0.4, 0.5) is 0 Å². The topological polar surface area (TPSA) is 57.5 Å². The van der Waals surface area contributed by atoms with Gasteiger partial charge in [-0.2, -0.15) is 0 Å². The maximum absolute atomic E-state index is 11.7. The van der Waals surface area contributed by atoms with Crippen LogP contribution in [0.2, 0.25) is 0 Å². The van der Waals surface area contributed by atoms with Gasteiger partial charge in [0.2, 0.25) is 0 Å². The van der Waals surface area contributed by atoms with Crippen molar-refractivity contribution >= 4 is 6.29 Å². The molecule has 0 bridgehead atoms. The minimum atomic E-state index is -0.367. The van der Waals surface area contributed by atoms with E-state index < -0.39 is 0 Å². The quantitative estimate of drug-likeness (QED) is 0.104. The maximum atomic E-state index is 11.7. The monoisotopic (exact) mass is 584 g/mol. The number of carbonyl (C=O) groups excluding carboxylic acids is 1. The first kappa shape index (κ1) is 36.2. The van der Waals surface area contributed by atoms with Crippen LogP contribution in [0.3, 0.4) is 0 Å². The molecule has 0 aromatic carbocycles. The third kappa shape index (κ3) is 12.3. The minimum Gasteiger partial charge on any atom is -0.393 e. The summed E-state index contributed by atoms with van der Waals surface area (Å²) in [5.41, 5.74) is 8.10. The second-order valence-electron chi connectivity index (χ2n) is 13.9. The normalized spacial score (nSPS) is 25.9. The highest BCUT2D eigenvalue weighted by Crippen LogP contribution is 2.44. The van der Waals surface area contributed by atoms with E-state index >= 15 is 0 Å². The van der Waals surface area contributed by atoms with Crippen molar-refractivity contribution in [2.24, 2.45) is 16.7 Å². The molecule has 0 heterocycles. The molecule has 0 aromatic rings. The third-order valence-corrected chi connectivity index (χ3v) is 8.76. The molecule has 3 heteroatoms. The highest BCUT2D eigenvalue weighted by atomic mass is 16.3. The van der Waals surface area contributed by atoms with Crippen LogP contribution in [0.25, 0.3) is 0 Å². The fourth-order valence-corrected chi connectivity index (χ4v) is 6.54. The highest BCUT2D eigenvalue weighted by Gasteiger charge is 2.35. The first-order chi connectivity index (χ1) is 20.1. The van der Waals surface area contributed by atoms with Crippen LogP contribution in [0.5, 0.6) is 0 Å². The maximum Gasteiger partial charge on any atom is 0.146 e. The summed E-state index contributed by atoms with van der Waals surface area (Å²) in [5.74, 6) is 0.371. The van der Waals surface area contributed by atoms with E-state index in [0.717, 1.165) is 55.1 Å². The Morgan fingerprint density at radius 2 is 1.40 bits per heavy atom. The zero-order valence-electron chi connectivity index (χ0n) is 28.2. The first-order valence-electron chi connectivity index (χ1n) is 15.8. The lowest BCUT2D eigenvalue weighted by molar-refractivity contribution is -0.105. The van der Waals surface area contributed by atoms with Crippen LogP contribution in [-0.4, -0.2) is 28.7 Å². The van der Waals surface area contributed by atoms with Gasteiger partial charge in [0.15, 0.2) is 0 Å². The van der Waals surface area contributed by atoms with Gasteiger partial charge in [0.1, 0.15) is 6.29 Å². The van der Waals surface area contributed by atoms with Gasteiger partial charge >= 0.3 is 0 Å². The molecule has 0 aromatic heterocycles. The molecule has 2 rings (SSSR count). The zero-order valence-corrected chi connectivity index (χ0v) is 28.2. The summed E-state index contributed by atoms with van der Waals surface area (Å²) in [5, 5.41) is 20.2. The molecule has 0 fully saturated rings. The van der Waals surface area contributed by atoms with Crippen molar-refractivity contribution in [3.8, 4) is 0 Å². The van der Waals surface area contributed by atoms with Crippen molar-refractivity contribution in [2.75, 3.05) is 0 Å². The van der Waals surface area contributed by atoms with Gasteiger partial charge < -0.3 is 10.2 Å². The number of carbonyl (C=O) groups is 1. The molecule has 3 atom stereocenters. The molecule has 43 heavy (non-hydrogen) atoms. The largest absolute Gasteiger partial charge is 0.393 e. The Balaban J connectivity index is 1.89. The van der Waals surface area contributed by atoms with E-state index in [1.807, 2.05) is 43.4 Å². The summed E-state index contributed by atoms with van der Waals surface area (Å²) in [6.07, 6.45) is 31.1. The fourth-order valence-electron chi connectivity index (χ4n) is 6.54. The molecule has 0 aliphatic heterocycles. The van der Waals surface area contributed by atoms with Gasteiger partial charge in [-0.05, 0) is 94.6 Å². The number of allylic oxidation sites excluding steroid dienone is 18. The number of aliphatic hydroxyl groups is 2. The number of aldehydes is 1. The molecule has 0 radical (unpaired) electrons. The van der Waals surface area contributed by atoms with Crippen molar-refractivity contribution in [1.82, 2.24) is 0 Å². The van der Waals surface area contributed by atoms with Gasteiger partial charge in [-0.15, -0.1) is 0 Å². The van der Waals surface area contributed by atoms with E-state index in [4.69, 9.17) is 0 Å². The Kier molecular flexibility index (Phi) is 14.1. The summed E-state index contributed by atoms with van der Waals surface area (Å²) < 4.78 is 0. The predicted octanol–water partition coefficient (Wildman–Crippen LogP) is 9.81. The summed E-state index contributed by atoms with van der Waals surface area (Å²) in [6.45, 7) is 19.3. The predicted molar refractivity (Wildman–Crippen MR) is 185 cm³/mol. The molecular weight excluding hydrogens is 528 g/mol. The van der Waals surface area contributed by atoms with Gasteiger partial charge in [0.25, 0.3) is 0 Å². The Morgan fingerprint density at radius 1 is 0.837 bits per heavy atom. The SMILES string of the molecule is CC(C=CC=C(C)C=CC1=C(C)CC(O)CC1(C)C)=CC=CC=C(C)C=CC=C(C=O)CCC1C(C)=CC(O)CC1(C)C. The number of aliphatic hydroxyl groups excluding tert-OH is 2. The molecule has 3 unspecified atom stereocenters. The van der Waals surface area contributed by atoms with Gasteiger partial charge in [-0.1, -0.05) is 135 Å². The Morgan fingerprint density at radius 3 is 1.95 bits per heavy atom. The van der Waals surface area contributed by atoms with E-state index in [9.17, 15) is 15.0 Å². The van der Waals surface area contributed by atoms with Crippen molar-refractivity contribution in [1.29, 1.82) is 0 Å². The van der Waals surface area contributed by atoms with E-state index in [2.05, 4.69) is 97.9 Å². The minimum absolute atomic E-state index is 0.00646. The van der Waals surface area contributed by atoms with Crippen LogP contribution in [-0.2, 0) is 4.79 Å². The van der Waals surface area contributed by atoms with Crippen molar-refractivity contribution < 1.29 is 15.0 Å². The standard InChI is InChI=1S/C40H56O3/c1-29(16-12-17-31(3)20-22-37-32(4)24-35(42)26-39(37,6)7)14-10-11-15-30(2)18-13-19-34(28-41)21-23-38-33(5)25-36(43)27-40(38,8)9/h10-20,22,25,28,35-36,38,42-43H,21,23-24,26-27H2,1-9H3. The highest BCUT2D eigenvalue weighted by molar-refractivity contribution is 5.73. The number of rotatable bonds is 12. The van der Waals surface area contributed by atoms with Crippen LogP contribution >= 0.6 is 0 Å². The Bertz CT molecular complexity index is 1280. The molecule has 2 aliphatic rings. The van der Waals surface area contributed by atoms with Crippen LogP contribution in [0, 0.1) is 16.7 Å². The Hall–Kier alpha value is -3.01. The van der Waals surface area contributed by atoms with E-state index in [1.165, 1.54) is 22.3 Å². The second kappa shape index (κ2) is 16.7. The van der Waals surface area contributed by atoms with Gasteiger partial charge in [-0.25, -0.2) is 0 Å². The fraction of sp³-hybridized carbons (Fsp3) is 0.475. The average Bonchev–Trinajstić information content (AvgIpc) is 2.87. The summed E-state index contributed by atoms with van der Waals surface area (Å²) in [6, 6.07) is 0. The van der Waals surface area contributed by atoms with E-state index in [-0.39, 0.29) is 23.0 Å². The summed E-state index contributed by atoms with van der Waals surface area (Å²) in [4.78, 5) is 11.7. The molecule has 234 valence electrons. The lowest BCUT2D eigenvalue weighted by Crippen LogP contribution is -2.33. The number of hydrogen-bond donors (Lipinski definition) is 2. The second-order valence-corrected chi connectivity index (χ2v) is 13.9.